The molecule has 5 rings (SSSR count). The molecule has 0 amide bonds. The van der Waals surface area contributed by atoms with Crippen LogP contribution in [0.3, 0.4) is 0 Å². The van der Waals surface area contributed by atoms with E-state index in [0.717, 1.165) is 77.0 Å². The van der Waals surface area contributed by atoms with Crippen LogP contribution in [0.5, 0.6) is 0 Å². The molecule has 0 radical (unpaired) electrons. The second-order valence-corrected chi connectivity index (χ2v) is 23.8. The van der Waals surface area contributed by atoms with Gasteiger partial charge in [0.05, 0.1) is 0 Å². The van der Waals surface area contributed by atoms with Gasteiger partial charge >= 0.3 is 35.2 Å². The van der Waals surface area contributed by atoms with Gasteiger partial charge in [-0.2, -0.15) is 0 Å². The van der Waals surface area contributed by atoms with Crippen molar-refractivity contribution < 1.29 is 34.2 Å². The molecular formula is C24H48O8Si4. The van der Waals surface area contributed by atoms with Crippen molar-refractivity contribution >= 4 is 35.2 Å². The maximum Gasteiger partial charge on any atom is 0.489 e. The first-order valence-corrected chi connectivity index (χ1v) is 22.1. The average molecular weight is 577 g/mol. The van der Waals surface area contributed by atoms with Gasteiger partial charge in [-0.3, -0.25) is 0 Å². The standard InChI is InChI=1S/C24H48O8Si4/c1-5-17-25-33(21-9-10-21)29-34(22-11-12-22,26-18-6-2)31-36(24-15-16-24,28-20-8-4)32-35(30-33,23-13-14-23)27-19-7-3/h21-24H,5-20H2,1-4H3. The smallest absolute Gasteiger partial charge is 0.374 e. The molecule has 0 bridgehead atoms. The van der Waals surface area contributed by atoms with Gasteiger partial charge in [-0.05, 0) is 77.0 Å². The predicted octanol–water partition coefficient (Wildman–Crippen LogP) is 6.18. The zero-order valence-corrected chi connectivity index (χ0v) is 26.9. The summed E-state index contributed by atoms with van der Waals surface area (Å²) in [6.07, 6.45) is 12.2. The quantitative estimate of drug-likeness (QED) is 0.202. The van der Waals surface area contributed by atoms with Crippen molar-refractivity contribution in [1.82, 2.24) is 0 Å². The minimum absolute atomic E-state index is 0.287. The maximum absolute atomic E-state index is 7.36. The van der Waals surface area contributed by atoms with Gasteiger partial charge in [-0.15, -0.1) is 0 Å². The highest BCUT2D eigenvalue weighted by Crippen LogP contribution is 2.61. The van der Waals surface area contributed by atoms with Gasteiger partial charge in [0.15, 0.2) is 0 Å². The van der Waals surface area contributed by atoms with Crippen molar-refractivity contribution in [2.75, 3.05) is 26.4 Å². The summed E-state index contributed by atoms with van der Waals surface area (Å²) >= 11 is 0. The van der Waals surface area contributed by atoms with Gasteiger partial charge in [0.25, 0.3) is 0 Å². The van der Waals surface area contributed by atoms with E-state index >= 15 is 0 Å². The van der Waals surface area contributed by atoms with Crippen LogP contribution in [-0.4, -0.2) is 61.6 Å². The maximum atomic E-state index is 7.36. The Morgan fingerprint density at radius 2 is 0.611 bits per heavy atom. The first kappa shape index (κ1) is 28.1. The molecule has 0 spiro atoms. The summed E-state index contributed by atoms with van der Waals surface area (Å²) in [4.78, 5) is 0. The fraction of sp³-hybridized carbons (Fsp3) is 1.00. The Labute approximate surface area is 222 Å². The Hall–Kier alpha value is 0.548. The van der Waals surface area contributed by atoms with Crippen molar-refractivity contribution in [2.24, 2.45) is 0 Å². The molecule has 1 saturated heterocycles. The molecule has 4 aliphatic carbocycles. The molecule has 36 heavy (non-hydrogen) atoms. The van der Waals surface area contributed by atoms with E-state index in [0.29, 0.717) is 26.4 Å². The fourth-order valence-electron chi connectivity index (χ4n) is 4.98. The lowest BCUT2D eigenvalue weighted by Crippen LogP contribution is -2.74. The second kappa shape index (κ2) is 11.6. The zero-order valence-electron chi connectivity index (χ0n) is 22.9. The van der Waals surface area contributed by atoms with Crippen LogP contribution in [-0.2, 0) is 34.2 Å². The summed E-state index contributed by atoms with van der Waals surface area (Å²) in [6.45, 7) is 11.1. The number of hydrogen-bond donors (Lipinski definition) is 0. The van der Waals surface area contributed by atoms with Crippen LogP contribution in [0, 0.1) is 0 Å². The van der Waals surface area contributed by atoms with Gasteiger partial charge in [0.2, 0.25) is 0 Å². The van der Waals surface area contributed by atoms with Gasteiger partial charge in [-0.1, -0.05) is 27.7 Å². The van der Waals surface area contributed by atoms with E-state index in [1.54, 1.807) is 0 Å². The van der Waals surface area contributed by atoms with E-state index in [1.165, 1.54) is 0 Å². The van der Waals surface area contributed by atoms with E-state index in [2.05, 4.69) is 27.7 Å². The molecule has 5 aliphatic rings. The molecule has 1 aliphatic heterocycles. The highest BCUT2D eigenvalue weighted by atomic mass is 28.6. The minimum atomic E-state index is -3.19. The highest BCUT2D eigenvalue weighted by molar-refractivity contribution is 6.91. The number of hydrogen-bond acceptors (Lipinski definition) is 8. The third kappa shape index (κ3) is 5.99. The Morgan fingerprint density at radius 3 is 0.750 bits per heavy atom. The van der Waals surface area contributed by atoms with Crippen LogP contribution in [0.25, 0.3) is 0 Å². The van der Waals surface area contributed by atoms with Crippen LogP contribution in [0.15, 0.2) is 0 Å². The summed E-state index contributed by atoms with van der Waals surface area (Å²) < 4.78 is 56.5. The minimum Gasteiger partial charge on any atom is -0.374 e. The fourth-order valence-corrected chi connectivity index (χ4v) is 27.1. The Balaban J connectivity index is 1.60. The van der Waals surface area contributed by atoms with Crippen molar-refractivity contribution in [3.8, 4) is 0 Å². The summed E-state index contributed by atoms with van der Waals surface area (Å²) in [7, 11) is -12.7. The summed E-state index contributed by atoms with van der Waals surface area (Å²) in [5.74, 6) is 0. The van der Waals surface area contributed by atoms with Crippen LogP contribution in [0.2, 0.25) is 22.2 Å². The van der Waals surface area contributed by atoms with Crippen molar-refractivity contribution in [3.63, 3.8) is 0 Å². The largest absolute Gasteiger partial charge is 0.489 e. The van der Waals surface area contributed by atoms with Crippen LogP contribution >= 0.6 is 0 Å². The Morgan fingerprint density at radius 1 is 0.417 bits per heavy atom. The predicted molar refractivity (Wildman–Crippen MR) is 144 cm³/mol. The summed E-state index contributed by atoms with van der Waals surface area (Å²) in [6, 6.07) is 0. The first-order valence-electron chi connectivity index (χ1n) is 14.9. The topological polar surface area (TPSA) is 73.8 Å². The molecule has 0 aromatic rings. The average Bonchev–Trinajstić information content (AvgIpc) is 3.68. The van der Waals surface area contributed by atoms with E-state index in [1.807, 2.05) is 0 Å². The van der Waals surface area contributed by atoms with Crippen LogP contribution < -0.4 is 0 Å². The third-order valence-corrected chi connectivity index (χ3v) is 25.3. The lowest BCUT2D eigenvalue weighted by molar-refractivity contribution is 0.00942. The molecule has 208 valence electrons. The van der Waals surface area contributed by atoms with E-state index in [-0.39, 0.29) is 22.2 Å². The molecule has 5 fully saturated rings. The van der Waals surface area contributed by atoms with Crippen molar-refractivity contribution in [3.05, 3.63) is 0 Å². The molecular weight excluding hydrogens is 529 g/mol. The van der Waals surface area contributed by atoms with Gasteiger partial charge in [0.1, 0.15) is 0 Å². The third-order valence-electron chi connectivity index (χ3n) is 7.48. The molecule has 1 heterocycles. The normalized spacial score (nSPS) is 39.7. The van der Waals surface area contributed by atoms with E-state index < -0.39 is 35.2 Å². The molecule has 0 aromatic heterocycles. The molecule has 12 heteroatoms. The van der Waals surface area contributed by atoms with E-state index in [9.17, 15) is 0 Å². The second-order valence-electron chi connectivity index (χ2n) is 11.3. The van der Waals surface area contributed by atoms with Crippen molar-refractivity contribution in [1.29, 1.82) is 0 Å². The lowest BCUT2D eigenvalue weighted by Gasteiger charge is -2.50. The van der Waals surface area contributed by atoms with Gasteiger partial charge in [0, 0.05) is 48.6 Å². The zero-order chi connectivity index (χ0) is 25.3. The van der Waals surface area contributed by atoms with Gasteiger partial charge < -0.3 is 34.2 Å². The Bertz CT molecular complexity index is 601. The van der Waals surface area contributed by atoms with Crippen LogP contribution in [0.1, 0.15) is 105 Å². The molecule has 8 nitrogen and oxygen atoms in total. The SMILES string of the molecule is CCCO[Si]1(C2CC2)O[Si](OCCC)(C2CC2)O[Si](OCCC)(C2CC2)O[Si](OCCC)(C2CC2)O1. The molecule has 0 aromatic carbocycles. The monoisotopic (exact) mass is 576 g/mol. The molecule has 0 N–H and O–H groups in total. The van der Waals surface area contributed by atoms with Gasteiger partial charge in [-0.25, -0.2) is 0 Å². The van der Waals surface area contributed by atoms with Crippen LogP contribution in [0.4, 0.5) is 0 Å². The molecule has 4 saturated carbocycles. The first-order chi connectivity index (χ1) is 17.5. The van der Waals surface area contributed by atoms with Crippen molar-refractivity contribution in [2.45, 2.75) is 127 Å². The summed E-state index contributed by atoms with van der Waals surface area (Å²) in [5, 5.41) is 0. The molecule has 0 atom stereocenters. The summed E-state index contributed by atoms with van der Waals surface area (Å²) in [5.41, 5.74) is 1.15. The van der Waals surface area contributed by atoms with E-state index in [4.69, 9.17) is 34.2 Å². The molecule has 0 unspecified atom stereocenters. The number of rotatable bonds is 16. The lowest BCUT2D eigenvalue weighted by atomic mass is 10.5. The Kier molecular flexibility index (Phi) is 9.03. The highest BCUT2D eigenvalue weighted by Gasteiger charge is 2.78.